The van der Waals surface area contributed by atoms with Crippen molar-refractivity contribution in [1.82, 2.24) is 9.97 Å². The summed E-state index contributed by atoms with van der Waals surface area (Å²) in [5, 5.41) is 10.4. The monoisotopic (exact) mass is 270 g/mol. The van der Waals surface area contributed by atoms with Crippen LogP contribution in [0.3, 0.4) is 0 Å². The fourth-order valence-corrected chi connectivity index (χ4v) is 2.42. The third-order valence-corrected chi connectivity index (χ3v) is 3.32. The standard InChI is InChI=1S/C10H11BrN2O2/c11-8-5-12-6-13-9(8)10(15)3-1-7(14)2-4-10/h5-6,15H,1-4H2. The summed E-state index contributed by atoms with van der Waals surface area (Å²) < 4.78 is 0.696. The lowest BCUT2D eigenvalue weighted by Crippen LogP contribution is -2.33. The number of rotatable bonds is 1. The van der Waals surface area contributed by atoms with E-state index in [1.165, 1.54) is 6.33 Å². The molecule has 0 bridgehead atoms. The van der Waals surface area contributed by atoms with Crippen LogP contribution in [-0.2, 0) is 10.4 Å². The maximum atomic E-state index is 11.1. The van der Waals surface area contributed by atoms with Gasteiger partial charge < -0.3 is 5.11 Å². The van der Waals surface area contributed by atoms with Gasteiger partial charge in [-0.2, -0.15) is 0 Å². The number of ketones is 1. The second-order valence-corrected chi connectivity index (χ2v) is 4.64. The Morgan fingerprint density at radius 1 is 1.40 bits per heavy atom. The van der Waals surface area contributed by atoms with Gasteiger partial charge in [-0.15, -0.1) is 0 Å². The van der Waals surface area contributed by atoms with Crippen LogP contribution in [0, 0.1) is 0 Å². The second-order valence-electron chi connectivity index (χ2n) is 3.79. The Morgan fingerprint density at radius 3 is 2.67 bits per heavy atom. The third kappa shape index (κ3) is 2.08. The lowest BCUT2D eigenvalue weighted by atomic mass is 9.82. The Labute approximate surface area is 95.9 Å². The quantitative estimate of drug-likeness (QED) is 0.842. The van der Waals surface area contributed by atoms with Crippen molar-refractivity contribution < 1.29 is 9.90 Å². The maximum Gasteiger partial charge on any atom is 0.133 e. The Hall–Kier alpha value is -0.810. The number of carbonyl (C=O) groups excluding carboxylic acids is 1. The van der Waals surface area contributed by atoms with Crippen molar-refractivity contribution in [3.8, 4) is 0 Å². The molecule has 0 amide bonds. The summed E-state index contributed by atoms with van der Waals surface area (Å²) in [4.78, 5) is 19.0. The second kappa shape index (κ2) is 3.98. The zero-order valence-electron chi connectivity index (χ0n) is 8.11. The number of halogens is 1. The van der Waals surface area contributed by atoms with Gasteiger partial charge in [-0.25, -0.2) is 9.97 Å². The largest absolute Gasteiger partial charge is 0.383 e. The molecule has 0 unspecified atom stereocenters. The number of Topliss-reactive ketones (excluding diaryl/α,β-unsaturated/α-hetero) is 1. The first-order chi connectivity index (χ1) is 7.12. The van der Waals surface area contributed by atoms with Crippen LogP contribution in [0.5, 0.6) is 0 Å². The SMILES string of the molecule is O=C1CCC(O)(c2ncncc2Br)CC1. The van der Waals surface area contributed by atoms with Crippen molar-refractivity contribution in [2.45, 2.75) is 31.3 Å². The fraction of sp³-hybridized carbons (Fsp3) is 0.500. The summed E-state index contributed by atoms with van der Waals surface area (Å²) in [6, 6.07) is 0. The average Bonchev–Trinajstić information content (AvgIpc) is 2.23. The number of hydrogen-bond acceptors (Lipinski definition) is 4. The summed E-state index contributed by atoms with van der Waals surface area (Å²) in [5.41, 5.74) is -0.389. The molecule has 0 atom stereocenters. The van der Waals surface area contributed by atoms with Crippen molar-refractivity contribution in [2.75, 3.05) is 0 Å². The average molecular weight is 271 g/mol. The van der Waals surface area contributed by atoms with E-state index >= 15 is 0 Å². The number of aromatic nitrogens is 2. The van der Waals surface area contributed by atoms with Gasteiger partial charge in [0.05, 0.1) is 10.2 Å². The van der Waals surface area contributed by atoms with Gasteiger partial charge in [0, 0.05) is 19.0 Å². The molecule has 1 fully saturated rings. The van der Waals surface area contributed by atoms with Crippen LogP contribution < -0.4 is 0 Å². The fourth-order valence-electron chi connectivity index (χ4n) is 1.83. The van der Waals surface area contributed by atoms with Crippen molar-refractivity contribution in [1.29, 1.82) is 0 Å². The van der Waals surface area contributed by atoms with E-state index in [0.717, 1.165) is 0 Å². The lowest BCUT2D eigenvalue weighted by Gasteiger charge is -2.31. The molecular weight excluding hydrogens is 260 g/mol. The van der Waals surface area contributed by atoms with Gasteiger partial charge in [0.15, 0.2) is 0 Å². The molecule has 0 saturated heterocycles. The first-order valence-corrected chi connectivity index (χ1v) is 5.61. The number of aliphatic hydroxyl groups is 1. The summed E-state index contributed by atoms with van der Waals surface area (Å²) >= 11 is 3.31. The number of hydrogen-bond donors (Lipinski definition) is 1. The summed E-state index contributed by atoms with van der Waals surface area (Å²) in [7, 11) is 0. The van der Waals surface area contributed by atoms with E-state index < -0.39 is 5.60 Å². The van der Waals surface area contributed by atoms with Gasteiger partial charge in [-0.1, -0.05) is 0 Å². The van der Waals surface area contributed by atoms with Crippen LogP contribution in [0.4, 0.5) is 0 Å². The van der Waals surface area contributed by atoms with Crippen LogP contribution >= 0.6 is 15.9 Å². The lowest BCUT2D eigenvalue weighted by molar-refractivity contribution is -0.126. The molecule has 5 heteroatoms. The van der Waals surface area contributed by atoms with E-state index in [4.69, 9.17) is 0 Å². The third-order valence-electron chi connectivity index (χ3n) is 2.74. The van der Waals surface area contributed by atoms with Crippen LogP contribution in [0.25, 0.3) is 0 Å². The van der Waals surface area contributed by atoms with Crippen LogP contribution in [0.1, 0.15) is 31.4 Å². The Bertz CT molecular complexity index is 385. The van der Waals surface area contributed by atoms with E-state index in [0.29, 0.717) is 35.8 Å². The normalized spacial score (nSPS) is 20.3. The van der Waals surface area contributed by atoms with Gasteiger partial charge in [-0.05, 0) is 28.8 Å². The minimum Gasteiger partial charge on any atom is -0.383 e. The van der Waals surface area contributed by atoms with Gasteiger partial charge in [0.1, 0.15) is 17.7 Å². The summed E-state index contributed by atoms with van der Waals surface area (Å²) in [6.07, 6.45) is 4.76. The topological polar surface area (TPSA) is 63.1 Å². The minimum atomic E-state index is -0.977. The molecular formula is C10H11BrN2O2. The first kappa shape index (κ1) is 10.7. The molecule has 4 nitrogen and oxygen atoms in total. The molecule has 1 aliphatic rings. The molecule has 1 aromatic rings. The van der Waals surface area contributed by atoms with E-state index in [1.807, 2.05) is 0 Å². The van der Waals surface area contributed by atoms with Crippen LogP contribution in [0.2, 0.25) is 0 Å². The molecule has 2 rings (SSSR count). The number of carbonyl (C=O) groups is 1. The summed E-state index contributed by atoms with van der Waals surface area (Å²) in [5.74, 6) is 0.213. The van der Waals surface area contributed by atoms with Crippen LogP contribution in [0.15, 0.2) is 17.0 Å². The predicted octanol–water partition coefficient (Wildman–Crippen LogP) is 1.57. The van der Waals surface area contributed by atoms with Crippen molar-refractivity contribution in [3.63, 3.8) is 0 Å². The van der Waals surface area contributed by atoms with E-state index in [9.17, 15) is 9.90 Å². The molecule has 0 aliphatic heterocycles. The molecule has 1 saturated carbocycles. The van der Waals surface area contributed by atoms with Gasteiger partial charge >= 0.3 is 0 Å². The van der Waals surface area contributed by atoms with Crippen molar-refractivity contribution >= 4 is 21.7 Å². The van der Waals surface area contributed by atoms with Crippen molar-refractivity contribution in [3.05, 3.63) is 22.7 Å². The van der Waals surface area contributed by atoms with Gasteiger partial charge in [0.2, 0.25) is 0 Å². The zero-order valence-corrected chi connectivity index (χ0v) is 9.70. The Morgan fingerprint density at radius 2 is 2.07 bits per heavy atom. The highest BCUT2D eigenvalue weighted by Gasteiger charge is 2.36. The van der Waals surface area contributed by atoms with E-state index in [-0.39, 0.29) is 5.78 Å². The molecule has 1 aliphatic carbocycles. The maximum absolute atomic E-state index is 11.1. The zero-order chi connectivity index (χ0) is 10.9. The molecule has 1 aromatic heterocycles. The Kier molecular flexibility index (Phi) is 2.84. The molecule has 15 heavy (non-hydrogen) atoms. The Balaban J connectivity index is 2.30. The van der Waals surface area contributed by atoms with Gasteiger partial charge in [0.25, 0.3) is 0 Å². The van der Waals surface area contributed by atoms with Crippen LogP contribution in [-0.4, -0.2) is 20.9 Å². The van der Waals surface area contributed by atoms with E-state index in [2.05, 4.69) is 25.9 Å². The molecule has 0 aromatic carbocycles. The summed E-state index contributed by atoms with van der Waals surface area (Å²) in [6.45, 7) is 0. The molecule has 0 radical (unpaired) electrons. The first-order valence-electron chi connectivity index (χ1n) is 4.82. The number of nitrogens with zero attached hydrogens (tertiary/aromatic N) is 2. The predicted molar refractivity (Wildman–Crippen MR) is 57.1 cm³/mol. The van der Waals surface area contributed by atoms with Gasteiger partial charge in [-0.3, -0.25) is 4.79 Å². The highest BCUT2D eigenvalue weighted by atomic mass is 79.9. The molecule has 1 heterocycles. The van der Waals surface area contributed by atoms with E-state index in [1.54, 1.807) is 6.20 Å². The highest BCUT2D eigenvalue weighted by Crippen LogP contribution is 2.37. The smallest absolute Gasteiger partial charge is 0.133 e. The minimum absolute atomic E-state index is 0.213. The highest BCUT2D eigenvalue weighted by molar-refractivity contribution is 9.10. The molecule has 1 N–H and O–H groups in total. The molecule has 80 valence electrons. The van der Waals surface area contributed by atoms with Crippen molar-refractivity contribution in [2.24, 2.45) is 0 Å². The molecule has 0 spiro atoms.